The maximum absolute atomic E-state index is 6.84. The van der Waals surface area contributed by atoms with Crippen LogP contribution in [0.3, 0.4) is 0 Å². The van der Waals surface area contributed by atoms with Gasteiger partial charge < -0.3 is 13.6 Å². The Balaban J connectivity index is 1.07. The fourth-order valence-electron chi connectivity index (χ4n) is 10.8. The molecule has 7 heteroatoms. The molecule has 15 aromatic rings. The summed E-state index contributed by atoms with van der Waals surface area (Å²) in [4.78, 5) is 16.7. The highest BCUT2D eigenvalue weighted by atomic mass is 32.1. The predicted molar refractivity (Wildman–Crippen MR) is 282 cm³/mol. The zero-order valence-corrected chi connectivity index (χ0v) is 37.1. The first-order chi connectivity index (χ1) is 33.7. The Kier molecular flexibility index (Phi) is 7.85. The van der Waals surface area contributed by atoms with E-state index in [1.807, 2.05) is 12.1 Å². The highest BCUT2D eigenvalue weighted by molar-refractivity contribution is 7.25. The fraction of sp³-hybridized carbons (Fsp3) is 0. The number of aromatic nitrogens is 5. The van der Waals surface area contributed by atoms with Gasteiger partial charge in [0, 0.05) is 80.9 Å². The van der Waals surface area contributed by atoms with Gasteiger partial charge in [0.15, 0.2) is 17.5 Å². The molecule has 0 unspecified atom stereocenters. The summed E-state index contributed by atoms with van der Waals surface area (Å²) in [5, 5.41) is 11.2. The Hall–Kier alpha value is -8.91. The van der Waals surface area contributed by atoms with Crippen molar-refractivity contribution in [3.8, 4) is 45.5 Å². The second kappa shape index (κ2) is 14.3. The molecule has 0 saturated carbocycles. The number of hydrogen-bond donors (Lipinski definition) is 0. The molecule has 0 spiro atoms. The van der Waals surface area contributed by atoms with Gasteiger partial charge in [0.25, 0.3) is 0 Å². The zero-order valence-electron chi connectivity index (χ0n) is 36.3. The van der Waals surface area contributed by atoms with Gasteiger partial charge in [0.1, 0.15) is 11.2 Å². The number of para-hydroxylation sites is 4. The molecular formula is C61H35N5OS. The first-order valence-corrected chi connectivity index (χ1v) is 23.7. The van der Waals surface area contributed by atoms with Crippen molar-refractivity contribution in [2.45, 2.75) is 0 Å². The predicted octanol–water partition coefficient (Wildman–Crippen LogP) is 16.5. The van der Waals surface area contributed by atoms with Crippen LogP contribution in [0.15, 0.2) is 217 Å². The zero-order chi connectivity index (χ0) is 44.5. The Morgan fingerprint density at radius 1 is 0.324 bits per heavy atom. The van der Waals surface area contributed by atoms with Crippen LogP contribution in [0.4, 0.5) is 0 Å². The second-order valence-electron chi connectivity index (χ2n) is 17.5. The van der Waals surface area contributed by atoms with Gasteiger partial charge in [-0.25, -0.2) is 15.0 Å². The third-order valence-corrected chi connectivity index (χ3v) is 14.9. The van der Waals surface area contributed by atoms with E-state index in [1.165, 1.54) is 36.3 Å². The molecule has 5 aromatic heterocycles. The molecule has 15 rings (SSSR count). The minimum Gasteiger partial charge on any atom is -0.456 e. The SMILES string of the molecule is c1ccc(-n2c3ccccc3c3c(-c4nc(-c5cc(-n6c7ccccc7c7cc8ccccc8cc76)cc6oc7ccccc7c56)nc(-c5cccc6sc7ccccc7c56)n4)cccc32)cc1. The van der Waals surface area contributed by atoms with Gasteiger partial charge in [-0.1, -0.05) is 140 Å². The van der Waals surface area contributed by atoms with Gasteiger partial charge >= 0.3 is 0 Å². The van der Waals surface area contributed by atoms with Crippen molar-refractivity contribution in [1.82, 2.24) is 24.1 Å². The molecular weight excluding hydrogens is 851 g/mol. The van der Waals surface area contributed by atoms with Gasteiger partial charge in [0.2, 0.25) is 0 Å². The summed E-state index contributed by atoms with van der Waals surface area (Å²) in [5.74, 6) is 1.77. The van der Waals surface area contributed by atoms with Crippen LogP contribution in [0.5, 0.6) is 0 Å². The molecule has 0 N–H and O–H groups in total. The highest BCUT2D eigenvalue weighted by Gasteiger charge is 2.25. The summed E-state index contributed by atoms with van der Waals surface area (Å²) in [5.41, 5.74) is 10.8. The van der Waals surface area contributed by atoms with Crippen LogP contribution in [0.25, 0.3) is 142 Å². The molecule has 10 aromatic carbocycles. The van der Waals surface area contributed by atoms with Crippen LogP contribution in [-0.4, -0.2) is 24.1 Å². The van der Waals surface area contributed by atoms with E-state index in [-0.39, 0.29) is 0 Å². The van der Waals surface area contributed by atoms with Crippen molar-refractivity contribution >= 4 is 108 Å². The molecule has 0 aliphatic rings. The number of thiophene rings is 1. The topological polar surface area (TPSA) is 61.7 Å². The van der Waals surface area contributed by atoms with Crippen molar-refractivity contribution < 1.29 is 4.42 Å². The van der Waals surface area contributed by atoms with Crippen LogP contribution in [0.1, 0.15) is 0 Å². The van der Waals surface area contributed by atoms with Gasteiger partial charge in [-0.3, -0.25) is 0 Å². The summed E-state index contributed by atoms with van der Waals surface area (Å²) < 4.78 is 14.0. The molecule has 0 radical (unpaired) electrons. The van der Waals surface area contributed by atoms with Crippen molar-refractivity contribution in [3.05, 3.63) is 212 Å². The normalized spacial score (nSPS) is 12.1. The molecule has 0 fully saturated rings. The van der Waals surface area contributed by atoms with Crippen LogP contribution in [0, 0.1) is 0 Å². The van der Waals surface area contributed by atoms with Crippen LogP contribution >= 0.6 is 11.3 Å². The minimum absolute atomic E-state index is 0.565. The second-order valence-corrected chi connectivity index (χ2v) is 18.6. The van der Waals surface area contributed by atoms with E-state index >= 15 is 0 Å². The van der Waals surface area contributed by atoms with Gasteiger partial charge in [0.05, 0.1) is 27.8 Å². The Morgan fingerprint density at radius 2 is 0.897 bits per heavy atom. The number of nitrogens with zero attached hydrogens (tertiary/aromatic N) is 5. The van der Waals surface area contributed by atoms with Crippen LogP contribution < -0.4 is 0 Å². The van der Waals surface area contributed by atoms with Gasteiger partial charge in [-0.15, -0.1) is 11.3 Å². The lowest BCUT2D eigenvalue weighted by atomic mass is 10.0. The standard InChI is InChI=1S/C61H35N5OS/c1-2-18-38(19-3-1)65-49-27-11-7-21-41(49)56-44(24-14-28-50(56)65)59-62-60(45-25-15-31-55-58(45)43-23-9-13-30-54(43)68-55)64-61(63-59)47-34-39(35-53-57(47)42-22-8-12-29-52(42)67-53)66-48-26-10-6-20-40(48)46-32-36-16-4-5-17-37(36)33-51(46)66/h1-35H. The minimum atomic E-state index is 0.565. The van der Waals surface area contributed by atoms with Crippen molar-refractivity contribution in [3.63, 3.8) is 0 Å². The third kappa shape index (κ3) is 5.42. The van der Waals surface area contributed by atoms with Crippen molar-refractivity contribution in [2.75, 3.05) is 0 Å². The lowest BCUT2D eigenvalue weighted by molar-refractivity contribution is 0.668. The van der Waals surface area contributed by atoms with E-state index in [2.05, 4.69) is 209 Å². The molecule has 0 aliphatic carbocycles. The number of hydrogen-bond acceptors (Lipinski definition) is 5. The average molecular weight is 886 g/mol. The van der Waals surface area contributed by atoms with E-state index in [4.69, 9.17) is 19.4 Å². The van der Waals surface area contributed by atoms with Gasteiger partial charge in [-0.2, -0.15) is 0 Å². The molecule has 6 nitrogen and oxygen atoms in total. The average Bonchev–Trinajstić information content (AvgIpc) is 4.15. The lowest BCUT2D eigenvalue weighted by Gasteiger charge is -2.14. The smallest absolute Gasteiger partial charge is 0.164 e. The number of fused-ring (bicyclic) bond motifs is 13. The third-order valence-electron chi connectivity index (χ3n) is 13.7. The number of furan rings is 1. The monoisotopic (exact) mass is 885 g/mol. The first-order valence-electron chi connectivity index (χ1n) is 22.8. The van der Waals surface area contributed by atoms with Gasteiger partial charge in [-0.05, 0) is 77.5 Å². The molecule has 0 bridgehead atoms. The fourth-order valence-corrected chi connectivity index (χ4v) is 12.0. The first kappa shape index (κ1) is 37.3. The quantitative estimate of drug-likeness (QED) is 0.173. The maximum atomic E-state index is 6.84. The molecule has 0 atom stereocenters. The maximum Gasteiger partial charge on any atom is 0.164 e. The summed E-state index contributed by atoms with van der Waals surface area (Å²) in [6.45, 7) is 0. The van der Waals surface area contributed by atoms with E-state index in [1.54, 1.807) is 11.3 Å². The summed E-state index contributed by atoms with van der Waals surface area (Å²) in [6.07, 6.45) is 0. The van der Waals surface area contributed by atoms with E-state index in [0.717, 1.165) is 88.2 Å². The van der Waals surface area contributed by atoms with Crippen molar-refractivity contribution in [2.24, 2.45) is 0 Å². The van der Waals surface area contributed by atoms with Crippen molar-refractivity contribution in [1.29, 1.82) is 0 Å². The molecule has 0 saturated heterocycles. The Morgan fingerprint density at radius 3 is 1.71 bits per heavy atom. The van der Waals surface area contributed by atoms with Crippen LogP contribution in [0.2, 0.25) is 0 Å². The molecule has 316 valence electrons. The molecule has 68 heavy (non-hydrogen) atoms. The molecule has 0 amide bonds. The van der Waals surface area contributed by atoms with E-state index in [0.29, 0.717) is 17.5 Å². The number of benzene rings is 10. The summed E-state index contributed by atoms with van der Waals surface area (Å²) in [6, 6.07) is 75.4. The van der Waals surface area contributed by atoms with Crippen LogP contribution in [-0.2, 0) is 0 Å². The molecule has 5 heterocycles. The highest BCUT2D eigenvalue weighted by Crippen LogP contribution is 2.45. The summed E-state index contributed by atoms with van der Waals surface area (Å²) >= 11 is 1.79. The Labute approximate surface area is 392 Å². The largest absolute Gasteiger partial charge is 0.456 e. The summed E-state index contributed by atoms with van der Waals surface area (Å²) in [7, 11) is 0. The lowest BCUT2D eigenvalue weighted by Crippen LogP contribution is -2.02. The van der Waals surface area contributed by atoms with E-state index in [9.17, 15) is 0 Å². The van der Waals surface area contributed by atoms with E-state index < -0.39 is 0 Å². The molecule has 0 aliphatic heterocycles. The number of rotatable bonds is 5. The Bertz CT molecular complexity index is 4580.